The van der Waals surface area contributed by atoms with Gasteiger partial charge in [0, 0.05) is 11.9 Å². The zero-order valence-electron chi connectivity index (χ0n) is 11.4. The summed E-state index contributed by atoms with van der Waals surface area (Å²) < 4.78 is 6.31. The highest BCUT2D eigenvalue weighted by molar-refractivity contribution is 5.93. The van der Waals surface area contributed by atoms with Crippen LogP contribution in [0.1, 0.15) is 13.0 Å². The van der Waals surface area contributed by atoms with Crippen LogP contribution < -0.4 is 15.6 Å². The monoisotopic (exact) mass is 272 g/mol. The van der Waals surface area contributed by atoms with E-state index in [1.165, 1.54) is 11.7 Å². The Morgan fingerprint density at radius 2 is 1.90 bits per heavy atom. The summed E-state index contributed by atoms with van der Waals surface area (Å²) in [5.41, 5.74) is 0.367. The molecule has 0 bridgehead atoms. The van der Waals surface area contributed by atoms with Gasteiger partial charge >= 0.3 is 0 Å². The molecule has 0 saturated carbocycles. The van der Waals surface area contributed by atoms with Crippen molar-refractivity contribution in [3.8, 4) is 5.75 Å². The first-order valence-electron chi connectivity index (χ1n) is 6.24. The van der Waals surface area contributed by atoms with Crippen molar-refractivity contribution in [3.63, 3.8) is 0 Å². The Kier molecular flexibility index (Phi) is 4.20. The summed E-state index contributed by atoms with van der Waals surface area (Å²) in [4.78, 5) is 24.2. The number of methoxy groups -OCH3 is 1. The Hall–Kier alpha value is -2.56. The number of anilines is 1. The van der Waals surface area contributed by atoms with E-state index < -0.39 is 6.04 Å². The number of nitrogens with one attached hydrogen (secondary N) is 1. The average molecular weight is 272 g/mol. The molecule has 1 aromatic heterocycles. The lowest BCUT2D eigenvalue weighted by Gasteiger charge is -2.15. The van der Waals surface area contributed by atoms with Crippen LogP contribution in [0.2, 0.25) is 0 Å². The molecule has 5 heteroatoms. The number of amides is 1. The maximum Gasteiger partial charge on any atom is 0.293 e. The Morgan fingerprint density at radius 3 is 2.55 bits per heavy atom. The van der Waals surface area contributed by atoms with Crippen molar-refractivity contribution < 1.29 is 9.53 Å². The molecule has 0 fully saturated rings. The van der Waals surface area contributed by atoms with Gasteiger partial charge in [-0.15, -0.1) is 0 Å². The molecule has 1 atom stereocenters. The summed E-state index contributed by atoms with van der Waals surface area (Å²) >= 11 is 0. The molecule has 0 aliphatic carbocycles. The SMILES string of the molecule is COc1cccn(C(C)C(=O)Nc2ccccc2)c1=O. The summed E-state index contributed by atoms with van der Waals surface area (Å²) in [6, 6.07) is 11.7. The summed E-state index contributed by atoms with van der Waals surface area (Å²) in [6.45, 7) is 1.67. The summed E-state index contributed by atoms with van der Waals surface area (Å²) in [5.74, 6) is -0.0431. The normalized spacial score (nSPS) is 11.7. The lowest BCUT2D eigenvalue weighted by molar-refractivity contribution is -0.118. The van der Waals surface area contributed by atoms with Crippen molar-refractivity contribution >= 4 is 11.6 Å². The maximum absolute atomic E-state index is 12.2. The van der Waals surface area contributed by atoms with E-state index in [4.69, 9.17) is 4.74 Å². The highest BCUT2D eigenvalue weighted by atomic mass is 16.5. The number of ether oxygens (including phenoxy) is 1. The smallest absolute Gasteiger partial charge is 0.293 e. The second kappa shape index (κ2) is 6.06. The van der Waals surface area contributed by atoms with Gasteiger partial charge in [0.25, 0.3) is 5.56 Å². The molecule has 2 rings (SSSR count). The number of carbonyl (C=O) groups excluding carboxylic acids is 1. The molecule has 1 aromatic carbocycles. The zero-order valence-corrected chi connectivity index (χ0v) is 11.4. The number of carbonyl (C=O) groups is 1. The summed E-state index contributed by atoms with van der Waals surface area (Å²) in [7, 11) is 1.43. The molecule has 1 heterocycles. The van der Waals surface area contributed by atoms with Crippen LogP contribution in [0.4, 0.5) is 5.69 Å². The van der Waals surface area contributed by atoms with Gasteiger partial charge in [0.1, 0.15) is 6.04 Å². The van der Waals surface area contributed by atoms with Crippen molar-refractivity contribution in [1.29, 1.82) is 0 Å². The predicted octanol–water partition coefficient (Wildman–Crippen LogP) is 2.06. The zero-order chi connectivity index (χ0) is 14.5. The number of para-hydroxylation sites is 1. The number of benzene rings is 1. The van der Waals surface area contributed by atoms with Crippen molar-refractivity contribution in [2.75, 3.05) is 12.4 Å². The molecule has 0 radical (unpaired) electrons. The number of rotatable bonds is 4. The standard InChI is InChI=1S/C15H16N2O3/c1-11(14(18)16-12-7-4-3-5-8-12)17-10-6-9-13(20-2)15(17)19/h3-11H,1-2H3,(H,16,18). The lowest BCUT2D eigenvalue weighted by Crippen LogP contribution is -2.31. The molecule has 20 heavy (non-hydrogen) atoms. The van der Waals surface area contributed by atoms with Gasteiger partial charge in [-0.25, -0.2) is 0 Å². The summed E-state index contributed by atoms with van der Waals surface area (Å²) in [6.07, 6.45) is 1.57. The predicted molar refractivity (Wildman–Crippen MR) is 77.0 cm³/mol. The van der Waals surface area contributed by atoms with Gasteiger partial charge in [-0.2, -0.15) is 0 Å². The van der Waals surface area contributed by atoms with Crippen LogP contribution in [0.5, 0.6) is 5.75 Å². The number of nitrogens with zero attached hydrogens (tertiary/aromatic N) is 1. The van der Waals surface area contributed by atoms with Crippen LogP contribution in [-0.2, 0) is 4.79 Å². The van der Waals surface area contributed by atoms with Crippen LogP contribution >= 0.6 is 0 Å². The molecule has 1 N–H and O–H groups in total. The van der Waals surface area contributed by atoms with Crippen LogP contribution in [0.15, 0.2) is 53.5 Å². The van der Waals surface area contributed by atoms with Crippen LogP contribution in [0.3, 0.4) is 0 Å². The highest BCUT2D eigenvalue weighted by Gasteiger charge is 2.17. The first-order valence-corrected chi connectivity index (χ1v) is 6.24. The fourth-order valence-electron chi connectivity index (χ4n) is 1.84. The van der Waals surface area contributed by atoms with Gasteiger partial charge in [-0.05, 0) is 31.2 Å². The van der Waals surface area contributed by atoms with E-state index in [1.54, 1.807) is 37.4 Å². The minimum absolute atomic E-state index is 0.215. The molecule has 1 unspecified atom stereocenters. The van der Waals surface area contributed by atoms with Gasteiger partial charge in [-0.3, -0.25) is 9.59 Å². The third kappa shape index (κ3) is 2.88. The van der Waals surface area contributed by atoms with E-state index in [0.29, 0.717) is 5.69 Å². The number of hydrogen-bond donors (Lipinski definition) is 1. The molecule has 0 saturated heterocycles. The van der Waals surface area contributed by atoms with Gasteiger partial charge in [0.2, 0.25) is 5.91 Å². The average Bonchev–Trinajstić information content (AvgIpc) is 2.48. The first-order chi connectivity index (χ1) is 9.63. The van der Waals surface area contributed by atoms with E-state index in [0.717, 1.165) is 0 Å². The quantitative estimate of drug-likeness (QED) is 0.926. The molecule has 1 amide bonds. The first kappa shape index (κ1) is 13.9. The van der Waals surface area contributed by atoms with Gasteiger partial charge < -0.3 is 14.6 Å². The molecular weight excluding hydrogens is 256 g/mol. The van der Waals surface area contributed by atoms with E-state index in [-0.39, 0.29) is 17.2 Å². The molecule has 104 valence electrons. The van der Waals surface area contributed by atoms with Crippen molar-refractivity contribution in [1.82, 2.24) is 4.57 Å². The Bertz CT molecular complexity index is 650. The number of pyridine rings is 1. The number of aromatic nitrogens is 1. The largest absolute Gasteiger partial charge is 0.491 e. The molecule has 0 spiro atoms. The minimum atomic E-state index is -0.627. The third-order valence-electron chi connectivity index (χ3n) is 3.00. The third-order valence-corrected chi connectivity index (χ3v) is 3.00. The van der Waals surface area contributed by atoms with Crippen molar-refractivity contribution in [2.24, 2.45) is 0 Å². The second-order valence-corrected chi connectivity index (χ2v) is 4.32. The highest BCUT2D eigenvalue weighted by Crippen LogP contribution is 2.11. The van der Waals surface area contributed by atoms with E-state index in [9.17, 15) is 9.59 Å². The van der Waals surface area contributed by atoms with Gasteiger partial charge in [-0.1, -0.05) is 18.2 Å². The van der Waals surface area contributed by atoms with Crippen molar-refractivity contribution in [3.05, 3.63) is 59.0 Å². The number of hydrogen-bond acceptors (Lipinski definition) is 3. The summed E-state index contributed by atoms with van der Waals surface area (Å²) in [5, 5.41) is 2.77. The molecule has 0 aliphatic rings. The topological polar surface area (TPSA) is 60.3 Å². The van der Waals surface area contributed by atoms with Crippen LogP contribution in [-0.4, -0.2) is 17.6 Å². The minimum Gasteiger partial charge on any atom is -0.491 e. The van der Waals surface area contributed by atoms with Crippen molar-refractivity contribution in [2.45, 2.75) is 13.0 Å². The lowest BCUT2D eigenvalue weighted by atomic mass is 10.2. The Morgan fingerprint density at radius 1 is 1.20 bits per heavy atom. The Balaban J connectivity index is 2.21. The molecular formula is C15H16N2O3. The molecule has 2 aromatic rings. The van der Waals surface area contributed by atoms with E-state index >= 15 is 0 Å². The Labute approximate surface area is 116 Å². The maximum atomic E-state index is 12.2. The van der Waals surface area contributed by atoms with Gasteiger partial charge in [0.05, 0.1) is 7.11 Å². The fraction of sp³-hybridized carbons (Fsp3) is 0.200. The van der Waals surface area contributed by atoms with E-state index in [2.05, 4.69) is 5.32 Å². The second-order valence-electron chi connectivity index (χ2n) is 4.32. The van der Waals surface area contributed by atoms with Crippen LogP contribution in [0.25, 0.3) is 0 Å². The van der Waals surface area contributed by atoms with E-state index in [1.807, 2.05) is 18.2 Å². The molecule has 5 nitrogen and oxygen atoms in total. The van der Waals surface area contributed by atoms with Crippen LogP contribution in [0, 0.1) is 0 Å². The fourth-order valence-corrected chi connectivity index (χ4v) is 1.84. The van der Waals surface area contributed by atoms with Gasteiger partial charge in [0.15, 0.2) is 5.75 Å². The molecule has 0 aliphatic heterocycles.